The van der Waals surface area contributed by atoms with Gasteiger partial charge in [0.2, 0.25) is 0 Å². The van der Waals surface area contributed by atoms with Crippen molar-refractivity contribution in [3.05, 3.63) is 45.7 Å². The van der Waals surface area contributed by atoms with E-state index < -0.39 is 24.0 Å². The highest BCUT2D eigenvalue weighted by molar-refractivity contribution is 5.81. The van der Waals surface area contributed by atoms with Crippen LogP contribution in [0, 0.1) is 5.92 Å². The van der Waals surface area contributed by atoms with Crippen molar-refractivity contribution in [3.8, 4) is 0 Å². The third kappa shape index (κ3) is 2.78. The summed E-state index contributed by atoms with van der Waals surface area (Å²) in [6.45, 7) is 9.25. The van der Waals surface area contributed by atoms with Crippen LogP contribution in [0.1, 0.15) is 58.1 Å². The highest BCUT2D eigenvalue weighted by Crippen LogP contribution is 2.44. The lowest BCUT2D eigenvalue weighted by Crippen LogP contribution is -2.39. The molecule has 0 bridgehead atoms. The van der Waals surface area contributed by atoms with Gasteiger partial charge < -0.3 is 14.4 Å². The molecule has 2 heterocycles. The Morgan fingerprint density at radius 3 is 2.42 bits per heavy atom. The quantitative estimate of drug-likeness (QED) is 0.847. The highest BCUT2D eigenvalue weighted by Gasteiger charge is 2.47. The van der Waals surface area contributed by atoms with Crippen LogP contribution >= 0.6 is 0 Å². The predicted molar refractivity (Wildman–Crippen MR) is 99.8 cm³/mol. The van der Waals surface area contributed by atoms with Gasteiger partial charge >= 0.3 is 6.09 Å². The van der Waals surface area contributed by atoms with Gasteiger partial charge in [0.25, 0.3) is 0 Å². The summed E-state index contributed by atoms with van der Waals surface area (Å²) in [5, 5.41) is 11.4. The fourth-order valence-corrected chi connectivity index (χ4v) is 3.73. The molecule has 0 saturated heterocycles. The molecule has 1 amide bonds. The molecular formula is C20H26N2O4. The van der Waals surface area contributed by atoms with E-state index >= 15 is 0 Å². The van der Waals surface area contributed by atoms with Crippen LogP contribution in [-0.4, -0.2) is 26.3 Å². The number of rotatable bonds is 1. The van der Waals surface area contributed by atoms with Crippen molar-refractivity contribution in [2.24, 2.45) is 13.0 Å². The van der Waals surface area contributed by atoms with E-state index in [9.17, 15) is 14.7 Å². The van der Waals surface area contributed by atoms with Gasteiger partial charge in [0.05, 0.1) is 22.8 Å². The van der Waals surface area contributed by atoms with Crippen LogP contribution in [0.15, 0.2) is 29.1 Å². The lowest BCUT2D eigenvalue weighted by Gasteiger charge is -2.32. The number of nitrogens with zero attached hydrogens (tertiary/aromatic N) is 2. The predicted octanol–water partition coefficient (Wildman–Crippen LogP) is 3.48. The number of para-hydroxylation sites is 1. The summed E-state index contributed by atoms with van der Waals surface area (Å²) >= 11 is 0. The van der Waals surface area contributed by atoms with Crippen LogP contribution in [0.25, 0.3) is 10.9 Å². The number of hydrogen-bond donors (Lipinski definition) is 1. The molecule has 1 aliphatic rings. The lowest BCUT2D eigenvalue weighted by molar-refractivity contribution is -0.0453. The summed E-state index contributed by atoms with van der Waals surface area (Å²) in [6, 6.07) is 6.83. The van der Waals surface area contributed by atoms with E-state index in [1.165, 1.54) is 4.90 Å². The average Bonchev–Trinajstić information content (AvgIpc) is 2.85. The molecule has 0 fully saturated rings. The maximum absolute atomic E-state index is 13.1. The topological polar surface area (TPSA) is 71.8 Å². The molecule has 2 atom stereocenters. The molecule has 3 rings (SSSR count). The van der Waals surface area contributed by atoms with E-state index in [4.69, 9.17) is 4.74 Å². The molecular weight excluding hydrogens is 332 g/mol. The van der Waals surface area contributed by atoms with Crippen LogP contribution in [0.4, 0.5) is 4.79 Å². The van der Waals surface area contributed by atoms with Crippen molar-refractivity contribution in [2.75, 3.05) is 0 Å². The third-order valence-corrected chi connectivity index (χ3v) is 4.73. The number of aromatic nitrogens is 1. The Morgan fingerprint density at radius 2 is 1.85 bits per heavy atom. The molecule has 26 heavy (non-hydrogen) atoms. The van der Waals surface area contributed by atoms with Crippen LogP contribution < -0.4 is 5.43 Å². The van der Waals surface area contributed by atoms with Gasteiger partial charge in [-0.2, -0.15) is 0 Å². The number of aryl methyl sites for hydroxylation is 1. The van der Waals surface area contributed by atoms with E-state index in [0.29, 0.717) is 11.1 Å². The molecule has 1 unspecified atom stereocenters. The summed E-state index contributed by atoms with van der Waals surface area (Å²) in [5.74, 6) is -0.00909. The maximum atomic E-state index is 13.1. The number of aliphatic hydroxyl groups is 1. The monoisotopic (exact) mass is 358 g/mol. The first kappa shape index (κ1) is 18.5. The molecule has 1 aromatic carbocycles. The number of amides is 1. The first-order valence-electron chi connectivity index (χ1n) is 8.85. The van der Waals surface area contributed by atoms with E-state index in [1.807, 2.05) is 37.6 Å². The molecule has 0 aliphatic carbocycles. The van der Waals surface area contributed by atoms with Gasteiger partial charge in [0.1, 0.15) is 5.60 Å². The fourth-order valence-electron chi connectivity index (χ4n) is 3.73. The van der Waals surface area contributed by atoms with Crippen LogP contribution in [0.3, 0.4) is 0 Å². The normalized spacial score (nSPS) is 19.9. The summed E-state index contributed by atoms with van der Waals surface area (Å²) in [7, 11) is 1.86. The zero-order valence-corrected chi connectivity index (χ0v) is 16.1. The number of hydrogen-bond acceptors (Lipinski definition) is 4. The Bertz CT molecular complexity index is 924. The van der Waals surface area contributed by atoms with Gasteiger partial charge in [0, 0.05) is 12.4 Å². The smallest absolute Gasteiger partial charge is 0.413 e. The summed E-state index contributed by atoms with van der Waals surface area (Å²) in [4.78, 5) is 27.1. The maximum Gasteiger partial charge on any atom is 0.413 e. The second kappa shape index (κ2) is 6.13. The van der Waals surface area contributed by atoms with Crippen LogP contribution in [0.2, 0.25) is 0 Å². The van der Waals surface area contributed by atoms with Crippen LogP contribution in [0.5, 0.6) is 0 Å². The zero-order valence-electron chi connectivity index (χ0n) is 16.1. The van der Waals surface area contributed by atoms with Crippen molar-refractivity contribution in [1.82, 2.24) is 9.47 Å². The number of aliphatic hydroxyl groups excluding tert-OH is 1. The Balaban J connectivity index is 2.25. The molecule has 6 nitrogen and oxygen atoms in total. The number of carbonyl (C=O) groups is 1. The SMILES string of the molecule is CC(C)[C@H]1c2c(c(=O)c3ccccc3n2C)C(O)N1C(=O)OC(C)(C)C. The Labute approximate surface area is 153 Å². The highest BCUT2D eigenvalue weighted by atomic mass is 16.6. The standard InChI is InChI=1S/C20H26N2O4/c1-11(2)15-16-14(18(24)22(15)19(25)26-20(3,4)5)17(23)12-9-7-8-10-13(12)21(16)6/h7-11,15,18,24H,1-6H3/t15-,18?/m0/s1. The van der Waals surface area contributed by atoms with Crippen LogP contribution in [-0.2, 0) is 11.8 Å². The number of ether oxygens (including phenoxy) is 1. The fraction of sp³-hybridized carbons (Fsp3) is 0.500. The van der Waals surface area contributed by atoms with E-state index in [2.05, 4.69) is 0 Å². The van der Waals surface area contributed by atoms with E-state index in [0.717, 1.165) is 5.52 Å². The van der Waals surface area contributed by atoms with Crippen molar-refractivity contribution < 1.29 is 14.6 Å². The van der Waals surface area contributed by atoms with Crippen molar-refractivity contribution in [2.45, 2.75) is 52.5 Å². The number of fused-ring (bicyclic) bond motifs is 2. The third-order valence-electron chi connectivity index (χ3n) is 4.73. The van der Waals surface area contributed by atoms with E-state index in [-0.39, 0.29) is 16.9 Å². The molecule has 2 aromatic rings. The minimum absolute atomic E-state index is 0.00909. The van der Waals surface area contributed by atoms with Gasteiger partial charge in [0.15, 0.2) is 11.7 Å². The summed E-state index contributed by atoms with van der Waals surface area (Å²) < 4.78 is 7.40. The van der Waals surface area contributed by atoms with Crippen molar-refractivity contribution in [1.29, 1.82) is 0 Å². The molecule has 1 N–H and O–H groups in total. The first-order chi connectivity index (χ1) is 12.0. The van der Waals surface area contributed by atoms with Gasteiger partial charge in [-0.1, -0.05) is 26.0 Å². The molecule has 0 radical (unpaired) electrons. The largest absolute Gasteiger partial charge is 0.444 e. The minimum atomic E-state index is -1.32. The summed E-state index contributed by atoms with van der Waals surface area (Å²) in [6.07, 6.45) is -1.95. The molecule has 0 saturated carbocycles. The molecule has 1 aliphatic heterocycles. The number of benzene rings is 1. The molecule has 1 aromatic heterocycles. The average molecular weight is 358 g/mol. The Hall–Kier alpha value is -2.34. The van der Waals surface area contributed by atoms with Gasteiger partial charge in [-0.05, 0) is 38.8 Å². The lowest BCUT2D eigenvalue weighted by atomic mass is 9.98. The molecule has 140 valence electrons. The Kier molecular flexibility index (Phi) is 4.35. The van der Waals surface area contributed by atoms with Crippen molar-refractivity contribution in [3.63, 3.8) is 0 Å². The second-order valence-corrected chi connectivity index (χ2v) is 8.15. The van der Waals surface area contributed by atoms with Gasteiger partial charge in [-0.15, -0.1) is 0 Å². The zero-order chi connectivity index (χ0) is 19.4. The number of carbonyl (C=O) groups excluding carboxylic acids is 1. The number of pyridine rings is 1. The first-order valence-corrected chi connectivity index (χ1v) is 8.85. The minimum Gasteiger partial charge on any atom is -0.444 e. The van der Waals surface area contributed by atoms with Crippen molar-refractivity contribution >= 4 is 17.0 Å². The van der Waals surface area contributed by atoms with Gasteiger partial charge in [-0.3, -0.25) is 9.69 Å². The van der Waals surface area contributed by atoms with Gasteiger partial charge in [-0.25, -0.2) is 4.79 Å². The molecule has 0 spiro atoms. The second-order valence-electron chi connectivity index (χ2n) is 8.15. The van der Waals surface area contributed by atoms with E-state index in [1.54, 1.807) is 32.9 Å². The summed E-state index contributed by atoms with van der Waals surface area (Å²) in [5.41, 5.74) is 0.774. The Morgan fingerprint density at radius 1 is 1.23 bits per heavy atom. The molecule has 6 heteroatoms.